The summed E-state index contributed by atoms with van der Waals surface area (Å²) in [6.07, 6.45) is 0.983. The number of hydrogen-bond acceptors (Lipinski definition) is 4. The second-order valence-corrected chi connectivity index (χ2v) is 8.96. The van der Waals surface area contributed by atoms with Crippen LogP contribution in [0.1, 0.15) is 49.8 Å². The Hall–Kier alpha value is -2.73. The van der Waals surface area contributed by atoms with Crippen LogP contribution in [0.4, 0.5) is 21.5 Å². The number of nitrogen functional groups attached to an aromatic ring is 1. The molecular weight excluding hydrogens is 481 g/mol. The van der Waals surface area contributed by atoms with E-state index in [4.69, 9.17) is 10.5 Å². The molecule has 3 aromatic rings. The largest absolute Gasteiger partial charge is 0.494 e. The molecule has 0 amide bonds. The number of benzene rings is 3. The fourth-order valence-electron chi connectivity index (χ4n) is 3.18. The molecular formula is C27H35BrFN3O. The van der Waals surface area contributed by atoms with Gasteiger partial charge in [0.05, 0.1) is 18.5 Å². The standard InChI is InChI=1S/C17H21BrFN3O.C10H14/c1-3-8-21-17-14(23-2)9-11(15(18)16(17)20)10-22-13-7-5-4-6-12(13)19;1-8(2)10-6-4-9(3)5-7-10/h4-7,9,21-22H,3,8,10,20H2,1-2H3;4-8H,1-3H3. The van der Waals surface area contributed by atoms with E-state index >= 15 is 0 Å². The summed E-state index contributed by atoms with van der Waals surface area (Å²) >= 11 is 3.52. The number of rotatable bonds is 8. The smallest absolute Gasteiger partial charge is 0.146 e. The molecule has 0 aliphatic rings. The Morgan fingerprint density at radius 1 is 1.06 bits per heavy atom. The first-order chi connectivity index (χ1) is 15.8. The number of aryl methyl sites for hydroxylation is 1. The number of ether oxygens (including phenoxy) is 1. The van der Waals surface area contributed by atoms with Crippen LogP contribution in [0.3, 0.4) is 0 Å². The SMILES string of the molecule is CCCNc1c(OC)cc(CNc2ccccc2F)c(Br)c1N.Cc1ccc(C(C)C)cc1. The van der Waals surface area contributed by atoms with Crippen LogP contribution in [0, 0.1) is 12.7 Å². The molecule has 0 radical (unpaired) electrons. The number of halogens is 2. The number of methoxy groups -OCH3 is 1. The van der Waals surface area contributed by atoms with Gasteiger partial charge in [-0.15, -0.1) is 0 Å². The summed E-state index contributed by atoms with van der Waals surface area (Å²) in [4.78, 5) is 0. The van der Waals surface area contributed by atoms with Crippen molar-refractivity contribution in [3.05, 3.63) is 81.6 Å². The van der Waals surface area contributed by atoms with Crippen molar-refractivity contribution in [2.24, 2.45) is 0 Å². The maximum atomic E-state index is 13.7. The molecule has 178 valence electrons. The average Bonchev–Trinajstić information content (AvgIpc) is 2.81. The van der Waals surface area contributed by atoms with Crippen molar-refractivity contribution in [1.82, 2.24) is 0 Å². The molecule has 3 aromatic carbocycles. The van der Waals surface area contributed by atoms with Crippen molar-refractivity contribution < 1.29 is 9.13 Å². The van der Waals surface area contributed by atoms with Crippen LogP contribution in [0.5, 0.6) is 5.75 Å². The minimum absolute atomic E-state index is 0.287. The first-order valence-electron chi connectivity index (χ1n) is 11.2. The van der Waals surface area contributed by atoms with Gasteiger partial charge < -0.3 is 21.1 Å². The van der Waals surface area contributed by atoms with E-state index in [0.29, 0.717) is 29.6 Å². The highest BCUT2D eigenvalue weighted by atomic mass is 79.9. The molecule has 0 aliphatic carbocycles. The summed E-state index contributed by atoms with van der Waals surface area (Å²) in [5.74, 6) is 1.04. The molecule has 4 N–H and O–H groups in total. The highest BCUT2D eigenvalue weighted by Crippen LogP contribution is 2.39. The Morgan fingerprint density at radius 2 is 1.73 bits per heavy atom. The monoisotopic (exact) mass is 515 g/mol. The first kappa shape index (κ1) is 26.5. The molecule has 3 rings (SSSR count). The second-order valence-electron chi connectivity index (χ2n) is 8.17. The molecule has 6 heteroatoms. The Balaban J connectivity index is 0.000000321. The van der Waals surface area contributed by atoms with Gasteiger partial charge in [0, 0.05) is 17.6 Å². The van der Waals surface area contributed by atoms with Crippen molar-refractivity contribution in [1.29, 1.82) is 0 Å². The molecule has 4 nitrogen and oxygen atoms in total. The van der Waals surface area contributed by atoms with Crippen LogP contribution in [0.15, 0.2) is 59.1 Å². The van der Waals surface area contributed by atoms with Gasteiger partial charge in [-0.05, 0) is 64.5 Å². The van der Waals surface area contributed by atoms with Gasteiger partial charge in [-0.1, -0.05) is 62.7 Å². The predicted octanol–water partition coefficient (Wildman–Crippen LogP) is 7.73. The third-order valence-electron chi connectivity index (χ3n) is 5.20. The van der Waals surface area contributed by atoms with E-state index in [2.05, 4.69) is 78.5 Å². The van der Waals surface area contributed by atoms with E-state index in [0.717, 1.165) is 28.7 Å². The van der Waals surface area contributed by atoms with E-state index in [1.807, 2.05) is 6.07 Å². The summed E-state index contributed by atoms with van der Waals surface area (Å²) in [6.45, 7) is 9.85. The molecule has 0 saturated heterocycles. The number of nitrogens with two attached hydrogens (primary N) is 1. The van der Waals surface area contributed by atoms with E-state index in [1.54, 1.807) is 25.3 Å². The summed E-state index contributed by atoms with van der Waals surface area (Å²) in [6, 6.07) is 17.2. The molecule has 0 atom stereocenters. The van der Waals surface area contributed by atoms with Gasteiger partial charge >= 0.3 is 0 Å². The number of hydrogen-bond donors (Lipinski definition) is 3. The zero-order valence-electron chi connectivity index (χ0n) is 20.1. The lowest BCUT2D eigenvalue weighted by atomic mass is 10.0. The van der Waals surface area contributed by atoms with E-state index in [1.165, 1.54) is 17.2 Å². The number of para-hydroxylation sites is 1. The maximum Gasteiger partial charge on any atom is 0.146 e. The van der Waals surface area contributed by atoms with Gasteiger partial charge in [-0.2, -0.15) is 0 Å². The second kappa shape index (κ2) is 13.1. The molecule has 0 aromatic heterocycles. The number of anilines is 3. The molecule has 0 fully saturated rings. The van der Waals surface area contributed by atoms with Crippen LogP contribution >= 0.6 is 15.9 Å². The predicted molar refractivity (Wildman–Crippen MR) is 143 cm³/mol. The summed E-state index contributed by atoms with van der Waals surface area (Å²) in [7, 11) is 1.61. The van der Waals surface area contributed by atoms with Crippen molar-refractivity contribution >= 4 is 33.0 Å². The fourth-order valence-corrected chi connectivity index (χ4v) is 3.63. The molecule has 33 heavy (non-hydrogen) atoms. The zero-order valence-corrected chi connectivity index (χ0v) is 21.7. The minimum atomic E-state index is -0.287. The van der Waals surface area contributed by atoms with Gasteiger partial charge in [0.2, 0.25) is 0 Å². The molecule has 0 unspecified atom stereocenters. The minimum Gasteiger partial charge on any atom is -0.494 e. The van der Waals surface area contributed by atoms with Crippen molar-refractivity contribution in [2.45, 2.75) is 46.6 Å². The Labute approximate surface area is 205 Å². The van der Waals surface area contributed by atoms with Crippen LogP contribution in [-0.2, 0) is 6.54 Å². The number of nitrogens with one attached hydrogen (secondary N) is 2. The highest BCUT2D eigenvalue weighted by molar-refractivity contribution is 9.10. The van der Waals surface area contributed by atoms with Crippen LogP contribution in [0.25, 0.3) is 0 Å². The van der Waals surface area contributed by atoms with Crippen molar-refractivity contribution in [3.8, 4) is 5.75 Å². The Bertz CT molecular complexity index is 1020. The highest BCUT2D eigenvalue weighted by Gasteiger charge is 2.15. The lowest BCUT2D eigenvalue weighted by Gasteiger charge is -2.18. The fraction of sp³-hybridized carbons (Fsp3) is 0.333. The first-order valence-corrected chi connectivity index (χ1v) is 12.0. The molecule has 0 bridgehead atoms. The molecule has 0 aliphatic heterocycles. The van der Waals surface area contributed by atoms with E-state index in [9.17, 15) is 4.39 Å². The van der Waals surface area contributed by atoms with Crippen LogP contribution in [-0.4, -0.2) is 13.7 Å². The summed E-state index contributed by atoms with van der Waals surface area (Å²) in [5, 5.41) is 6.35. The van der Waals surface area contributed by atoms with Crippen LogP contribution < -0.4 is 21.1 Å². The van der Waals surface area contributed by atoms with Gasteiger partial charge in [0.25, 0.3) is 0 Å². The van der Waals surface area contributed by atoms with Gasteiger partial charge in [-0.25, -0.2) is 4.39 Å². The Kier molecular flexibility index (Phi) is 10.5. The quantitative estimate of drug-likeness (QED) is 0.268. The zero-order chi connectivity index (χ0) is 24.4. The normalized spacial score (nSPS) is 10.4. The molecule has 0 spiro atoms. The van der Waals surface area contributed by atoms with Gasteiger partial charge in [-0.3, -0.25) is 0 Å². The lowest BCUT2D eigenvalue weighted by Crippen LogP contribution is -2.09. The van der Waals surface area contributed by atoms with E-state index < -0.39 is 0 Å². The third kappa shape index (κ3) is 7.67. The van der Waals surface area contributed by atoms with E-state index in [-0.39, 0.29) is 5.82 Å². The van der Waals surface area contributed by atoms with Crippen molar-refractivity contribution in [3.63, 3.8) is 0 Å². The third-order valence-corrected chi connectivity index (χ3v) is 6.13. The van der Waals surface area contributed by atoms with Crippen molar-refractivity contribution in [2.75, 3.05) is 30.0 Å². The van der Waals surface area contributed by atoms with Gasteiger partial charge in [0.15, 0.2) is 0 Å². The maximum absolute atomic E-state index is 13.7. The average molecular weight is 516 g/mol. The summed E-state index contributed by atoms with van der Waals surface area (Å²) < 4.78 is 19.9. The van der Waals surface area contributed by atoms with Crippen LogP contribution in [0.2, 0.25) is 0 Å². The summed E-state index contributed by atoms with van der Waals surface area (Å²) in [5.41, 5.74) is 11.7. The Morgan fingerprint density at radius 3 is 2.30 bits per heavy atom. The topological polar surface area (TPSA) is 59.3 Å². The lowest BCUT2D eigenvalue weighted by molar-refractivity contribution is 0.416. The molecule has 0 saturated carbocycles. The van der Waals surface area contributed by atoms with Gasteiger partial charge in [0.1, 0.15) is 17.3 Å². The molecule has 0 heterocycles.